The highest BCUT2D eigenvalue weighted by Gasteiger charge is 2.04. The average molecular weight is 279 g/mol. The molecule has 1 aromatic heterocycles. The number of nitrogens with zero attached hydrogens (tertiary/aromatic N) is 1. The Hall–Kier alpha value is -1.65. The Bertz CT molecular complexity index is 601. The van der Waals surface area contributed by atoms with Crippen molar-refractivity contribution in [2.45, 2.75) is 6.92 Å². The summed E-state index contributed by atoms with van der Waals surface area (Å²) in [4.78, 5) is 4.44. The number of nitrogens with two attached hydrogens (primary N) is 1. The van der Waals surface area contributed by atoms with Crippen LogP contribution in [0.3, 0.4) is 0 Å². The summed E-state index contributed by atoms with van der Waals surface area (Å²) in [6, 6.07) is 10.7. The van der Waals surface area contributed by atoms with Crippen molar-refractivity contribution in [2.75, 3.05) is 0 Å². The van der Waals surface area contributed by atoms with Gasteiger partial charge in [-0.15, -0.1) is 0 Å². The van der Waals surface area contributed by atoms with Crippen molar-refractivity contribution in [1.82, 2.24) is 4.98 Å². The second kappa shape index (κ2) is 5.33. The predicted octanol–water partition coefficient (Wildman–Crippen LogP) is 3.47. The fourth-order valence-corrected chi connectivity index (χ4v) is 1.64. The van der Waals surface area contributed by atoms with Crippen molar-refractivity contribution >= 4 is 28.8 Å². The summed E-state index contributed by atoms with van der Waals surface area (Å²) in [5, 5.41) is 0.701. The van der Waals surface area contributed by atoms with E-state index >= 15 is 0 Å². The SMILES string of the molecule is Cc1cc(Oc2cccc(C(N)=S)n2)ccc1Cl. The van der Waals surface area contributed by atoms with Gasteiger partial charge >= 0.3 is 0 Å². The molecule has 2 rings (SSSR count). The van der Waals surface area contributed by atoms with Gasteiger partial charge in [0.1, 0.15) is 16.4 Å². The van der Waals surface area contributed by atoms with Crippen LogP contribution < -0.4 is 10.5 Å². The minimum absolute atomic E-state index is 0.243. The monoisotopic (exact) mass is 278 g/mol. The summed E-state index contributed by atoms with van der Waals surface area (Å²) in [5.41, 5.74) is 7.00. The molecule has 3 nitrogen and oxygen atoms in total. The molecule has 5 heteroatoms. The predicted molar refractivity (Wildman–Crippen MR) is 76.4 cm³/mol. The van der Waals surface area contributed by atoms with Gasteiger partial charge in [0.05, 0.1) is 0 Å². The number of rotatable bonds is 3. The molecule has 0 aliphatic heterocycles. The number of aromatic nitrogens is 1. The van der Waals surface area contributed by atoms with Gasteiger partial charge in [-0.3, -0.25) is 0 Å². The lowest BCUT2D eigenvalue weighted by molar-refractivity contribution is 0.462. The molecule has 0 unspecified atom stereocenters. The lowest BCUT2D eigenvalue weighted by atomic mass is 10.2. The molecule has 0 aliphatic rings. The zero-order valence-electron chi connectivity index (χ0n) is 9.68. The molecule has 0 saturated heterocycles. The number of benzene rings is 1. The molecular weight excluding hydrogens is 268 g/mol. The Balaban J connectivity index is 2.25. The normalized spacial score (nSPS) is 10.1. The van der Waals surface area contributed by atoms with Gasteiger partial charge < -0.3 is 10.5 Å². The smallest absolute Gasteiger partial charge is 0.219 e. The van der Waals surface area contributed by atoms with Crippen LogP contribution in [-0.2, 0) is 0 Å². The number of hydrogen-bond donors (Lipinski definition) is 1. The minimum atomic E-state index is 0.243. The van der Waals surface area contributed by atoms with E-state index in [-0.39, 0.29) is 4.99 Å². The molecule has 0 aliphatic carbocycles. The molecule has 92 valence electrons. The lowest BCUT2D eigenvalue weighted by Gasteiger charge is -2.07. The Labute approximate surface area is 116 Å². The van der Waals surface area contributed by atoms with Crippen molar-refractivity contribution in [3.05, 3.63) is 52.7 Å². The zero-order chi connectivity index (χ0) is 13.1. The minimum Gasteiger partial charge on any atom is -0.439 e. The fraction of sp³-hybridized carbons (Fsp3) is 0.0769. The molecule has 0 radical (unpaired) electrons. The van der Waals surface area contributed by atoms with Crippen molar-refractivity contribution in [3.63, 3.8) is 0 Å². The number of hydrogen-bond acceptors (Lipinski definition) is 3. The molecule has 0 spiro atoms. The van der Waals surface area contributed by atoms with Crippen LogP contribution in [0.5, 0.6) is 11.6 Å². The van der Waals surface area contributed by atoms with E-state index in [2.05, 4.69) is 4.98 Å². The van der Waals surface area contributed by atoms with Crippen LogP contribution in [0, 0.1) is 6.92 Å². The van der Waals surface area contributed by atoms with E-state index in [4.69, 9.17) is 34.3 Å². The van der Waals surface area contributed by atoms with E-state index in [1.165, 1.54) is 0 Å². The average Bonchev–Trinajstić information content (AvgIpc) is 2.34. The van der Waals surface area contributed by atoms with E-state index in [0.29, 0.717) is 22.3 Å². The summed E-state index contributed by atoms with van der Waals surface area (Å²) in [6.07, 6.45) is 0. The molecule has 0 bridgehead atoms. The molecular formula is C13H11ClN2OS. The third kappa shape index (κ3) is 2.97. The molecule has 1 aromatic carbocycles. The molecule has 0 fully saturated rings. The first-order valence-corrected chi connectivity index (χ1v) is 6.06. The van der Waals surface area contributed by atoms with E-state index in [1.807, 2.05) is 13.0 Å². The Morgan fingerprint density at radius 1 is 1.33 bits per heavy atom. The van der Waals surface area contributed by atoms with Crippen molar-refractivity contribution in [2.24, 2.45) is 5.73 Å². The number of aryl methyl sites for hydroxylation is 1. The van der Waals surface area contributed by atoms with Crippen molar-refractivity contribution in [1.29, 1.82) is 0 Å². The van der Waals surface area contributed by atoms with Crippen LogP contribution in [0.2, 0.25) is 5.02 Å². The van der Waals surface area contributed by atoms with Crippen LogP contribution in [0.4, 0.5) is 0 Å². The summed E-state index contributed by atoms with van der Waals surface area (Å²) >= 11 is 10.8. The van der Waals surface area contributed by atoms with Gasteiger partial charge in [-0.1, -0.05) is 29.9 Å². The van der Waals surface area contributed by atoms with Gasteiger partial charge in [-0.2, -0.15) is 0 Å². The van der Waals surface area contributed by atoms with Crippen LogP contribution in [0.25, 0.3) is 0 Å². The maximum absolute atomic E-state index is 5.95. The third-order valence-electron chi connectivity index (χ3n) is 2.33. The second-order valence-corrected chi connectivity index (χ2v) is 4.59. The molecule has 2 aromatic rings. The lowest BCUT2D eigenvalue weighted by Crippen LogP contribution is -2.11. The van der Waals surface area contributed by atoms with E-state index in [1.54, 1.807) is 30.3 Å². The van der Waals surface area contributed by atoms with Crippen molar-refractivity contribution < 1.29 is 4.74 Å². The van der Waals surface area contributed by atoms with E-state index in [0.717, 1.165) is 5.56 Å². The standard InChI is InChI=1S/C13H11ClN2OS/c1-8-7-9(5-6-10(8)14)17-12-4-2-3-11(16-12)13(15)18/h2-7H,1H3,(H2,15,18). The first-order chi connectivity index (χ1) is 8.56. The largest absolute Gasteiger partial charge is 0.439 e. The third-order valence-corrected chi connectivity index (χ3v) is 2.96. The number of halogens is 1. The van der Waals surface area contributed by atoms with Crippen LogP contribution in [-0.4, -0.2) is 9.97 Å². The second-order valence-electron chi connectivity index (χ2n) is 3.74. The maximum atomic E-state index is 5.95. The van der Waals surface area contributed by atoms with E-state index in [9.17, 15) is 0 Å². The maximum Gasteiger partial charge on any atom is 0.219 e. The topological polar surface area (TPSA) is 48.1 Å². The Morgan fingerprint density at radius 2 is 2.11 bits per heavy atom. The highest BCUT2D eigenvalue weighted by Crippen LogP contribution is 2.24. The quantitative estimate of drug-likeness (QED) is 0.874. The number of ether oxygens (including phenoxy) is 1. The Morgan fingerprint density at radius 3 is 2.78 bits per heavy atom. The zero-order valence-corrected chi connectivity index (χ0v) is 11.3. The highest BCUT2D eigenvalue weighted by molar-refractivity contribution is 7.80. The van der Waals surface area contributed by atoms with Gasteiger partial charge in [0.25, 0.3) is 0 Å². The van der Waals surface area contributed by atoms with Gasteiger partial charge in [0, 0.05) is 11.1 Å². The summed E-state index contributed by atoms with van der Waals surface area (Å²) < 4.78 is 5.62. The van der Waals surface area contributed by atoms with Gasteiger partial charge in [-0.25, -0.2) is 4.98 Å². The summed E-state index contributed by atoms with van der Waals surface area (Å²) in [7, 11) is 0. The summed E-state index contributed by atoms with van der Waals surface area (Å²) in [5.74, 6) is 1.12. The molecule has 0 atom stereocenters. The number of pyridine rings is 1. The van der Waals surface area contributed by atoms with Gasteiger partial charge in [0.2, 0.25) is 5.88 Å². The van der Waals surface area contributed by atoms with Crippen molar-refractivity contribution in [3.8, 4) is 11.6 Å². The first kappa shape index (κ1) is 12.8. The fourth-order valence-electron chi connectivity index (χ4n) is 1.41. The first-order valence-electron chi connectivity index (χ1n) is 5.27. The van der Waals surface area contributed by atoms with Crippen LogP contribution >= 0.6 is 23.8 Å². The molecule has 0 saturated carbocycles. The van der Waals surface area contributed by atoms with E-state index < -0.39 is 0 Å². The van der Waals surface area contributed by atoms with Gasteiger partial charge in [-0.05, 0) is 36.8 Å². The molecule has 2 N–H and O–H groups in total. The molecule has 1 heterocycles. The summed E-state index contributed by atoms with van der Waals surface area (Å²) in [6.45, 7) is 1.91. The number of thiocarbonyl (C=S) groups is 1. The molecule has 0 amide bonds. The van der Waals surface area contributed by atoms with Crippen LogP contribution in [0.1, 0.15) is 11.3 Å². The van der Waals surface area contributed by atoms with Gasteiger partial charge in [0.15, 0.2) is 0 Å². The van der Waals surface area contributed by atoms with Crippen LogP contribution in [0.15, 0.2) is 36.4 Å². The Kier molecular flexibility index (Phi) is 3.79. The highest BCUT2D eigenvalue weighted by atomic mass is 35.5. The molecule has 18 heavy (non-hydrogen) atoms.